The zero-order valence-corrected chi connectivity index (χ0v) is 22.4. The van der Waals surface area contributed by atoms with Gasteiger partial charge in [-0.25, -0.2) is 4.39 Å². The highest BCUT2D eigenvalue weighted by atomic mass is 19.1. The maximum atomic E-state index is 14.5. The molecule has 0 aromatic heterocycles. The molecule has 0 aliphatic carbocycles. The maximum Gasteiger partial charge on any atom is 0.247 e. The molecule has 1 aliphatic heterocycles. The average molecular weight is 545 g/mol. The molecule has 0 radical (unpaired) electrons. The number of Topliss-reactive ketones (excluding diaryl/α,β-unsaturated/α-hetero) is 1. The van der Waals surface area contributed by atoms with Gasteiger partial charge in [0.25, 0.3) is 0 Å². The van der Waals surface area contributed by atoms with Crippen LogP contribution in [0.15, 0.2) is 72.8 Å². The Morgan fingerprint density at radius 2 is 1.65 bits per heavy atom. The van der Waals surface area contributed by atoms with E-state index in [0.717, 1.165) is 11.1 Å². The Morgan fingerprint density at radius 1 is 0.950 bits per heavy atom. The number of carbonyl (C=O) groups excluding carboxylic acids is 4. The van der Waals surface area contributed by atoms with Gasteiger partial charge in [0.15, 0.2) is 5.78 Å². The molecule has 0 spiro atoms. The molecule has 0 bridgehead atoms. The number of aryl methyl sites for hydroxylation is 1. The van der Waals surface area contributed by atoms with Gasteiger partial charge in [-0.2, -0.15) is 0 Å². The lowest BCUT2D eigenvalue weighted by molar-refractivity contribution is -0.142. The number of halogens is 1. The smallest absolute Gasteiger partial charge is 0.247 e. The number of nitrogens with one attached hydrogen (secondary N) is 2. The number of carbonyl (C=O) groups is 4. The van der Waals surface area contributed by atoms with Crippen molar-refractivity contribution in [1.82, 2.24) is 10.2 Å². The molecule has 2 atom stereocenters. The molecule has 0 fully saturated rings. The molecule has 208 valence electrons. The van der Waals surface area contributed by atoms with E-state index in [-0.39, 0.29) is 56.2 Å². The Morgan fingerprint density at radius 3 is 2.38 bits per heavy atom. The molecule has 1 heterocycles. The minimum Gasteiger partial charge on any atom is -0.342 e. The first-order valence-corrected chi connectivity index (χ1v) is 13.3. The number of anilines is 1. The molecule has 40 heavy (non-hydrogen) atoms. The van der Waals surface area contributed by atoms with Crippen molar-refractivity contribution in [3.63, 3.8) is 0 Å². The minimum atomic E-state index is -1.04. The van der Waals surface area contributed by atoms with E-state index in [1.807, 2.05) is 30.3 Å². The fourth-order valence-corrected chi connectivity index (χ4v) is 4.82. The molecule has 8 nitrogen and oxygen atoms in total. The van der Waals surface area contributed by atoms with Gasteiger partial charge in [-0.1, -0.05) is 66.7 Å². The van der Waals surface area contributed by atoms with E-state index >= 15 is 0 Å². The summed E-state index contributed by atoms with van der Waals surface area (Å²) in [6.07, 6.45) is 0.326. The van der Waals surface area contributed by atoms with Crippen molar-refractivity contribution in [3.8, 4) is 0 Å². The van der Waals surface area contributed by atoms with Crippen molar-refractivity contribution in [2.45, 2.75) is 51.2 Å². The third-order valence-corrected chi connectivity index (χ3v) is 7.07. The highest BCUT2D eigenvalue weighted by Gasteiger charge is 2.36. The number of nitrogens with zero attached hydrogens (tertiary/aromatic N) is 1. The number of benzene rings is 3. The van der Waals surface area contributed by atoms with Crippen LogP contribution in [0.4, 0.5) is 10.1 Å². The van der Waals surface area contributed by atoms with Crippen LogP contribution < -0.4 is 16.4 Å². The molecule has 3 aromatic rings. The van der Waals surface area contributed by atoms with E-state index in [9.17, 15) is 23.6 Å². The van der Waals surface area contributed by atoms with E-state index in [0.29, 0.717) is 11.1 Å². The number of hydrogen-bond donors (Lipinski definition) is 3. The fourth-order valence-electron chi connectivity index (χ4n) is 4.82. The maximum absolute atomic E-state index is 14.5. The quantitative estimate of drug-likeness (QED) is 0.337. The van der Waals surface area contributed by atoms with Crippen molar-refractivity contribution in [2.24, 2.45) is 5.73 Å². The van der Waals surface area contributed by atoms with Gasteiger partial charge in [0.2, 0.25) is 17.7 Å². The first kappa shape index (κ1) is 28.6. The molecular formula is C31H33FN4O4. The number of ketones is 1. The normalized spacial score (nSPS) is 15.1. The zero-order chi connectivity index (χ0) is 28.6. The number of rotatable bonds is 10. The Labute approximate surface area is 232 Å². The Balaban J connectivity index is 1.50. The van der Waals surface area contributed by atoms with Gasteiger partial charge < -0.3 is 21.3 Å². The highest BCUT2D eigenvalue weighted by molar-refractivity contribution is 6.00. The molecule has 9 heteroatoms. The number of amides is 3. The number of nitrogens with two attached hydrogens (primary N) is 1. The molecule has 0 saturated carbocycles. The summed E-state index contributed by atoms with van der Waals surface area (Å²) in [5, 5.41) is 5.27. The topological polar surface area (TPSA) is 122 Å². The van der Waals surface area contributed by atoms with Crippen molar-refractivity contribution in [2.75, 3.05) is 11.9 Å². The number of hydrogen-bond acceptors (Lipinski definition) is 5. The van der Waals surface area contributed by atoms with Crippen molar-refractivity contribution in [3.05, 3.63) is 101 Å². The van der Waals surface area contributed by atoms with Gasteiger partial charge in [-0.3, -0.25) is 19.2 Å². The van der Waals surface area contributed by atoms with E-state index in [4.69, 9.17) is 5.73 Å². The van der Waals surface area contributed by atoms with Crippen molar-refractivity contribution in [1.29, 1.82) is 0 Å². The van der Waals surface area contributed by atoms with Crippen molar-refractivity contribution >= 4 is 29.2 Å². The molecule has 4 rings (SSSR count). The molecule has 0 saturated heterocycles. The molecule has 3 aromatic carbocycles. The lowest BCUT2D eigenvalue weighted by atomic mass is 9.92. The summed E-state index contributed by atoms with van der Waals surface area (Å²) in [5.74, 6) is -2.17. The van der Waals surface area contributed by atoms with Gasteiger partial charge in [-0.15, -0.1) is 0 Å². The van der Waals surface area contributed by atoms with E-state index < -0.39 is 29.7 Å². The second-order valence-electron chi connectivity index (χ2n) is 9.86. The van der Waals surface area contributed by atoms with Gasteiger partial charge in [0, 0.05) is 31.4 Å². The highest BCUT2D eigenvalue weighted by Crippen LogP contribution is 2.25. The van der Waals surface area contributed by atoms with Crippen LogP contribution in [0.3, 0.4) is 0 Å². The summed E-state index contributed by atoms with van der Waals surface area (Å²) >= 11 is 0. The lowest BCUT2D eigenvalue weighted by Crippen LogP contribution is -2.56. The second-order valence-corrected chi connectivity index (χ2v) is 9.86. The number of fused-ring (bicyclic) bond motifs is 1. The fraction of sp³-hybridized carbons (Fsp3) is 0.290. The minimum absolute atomic E-state index is 0.00718. The van der Waals surface area contributed by atoms with Gasteiger partial charge >= 0.3 is 0 Å². The Bertz CT molecular complexity index is 1400. The molecule has 3 amide bonds. The van der Waals surface area contributed by atoms with Crippen LogP contribution in [0.5, 0.6) is 0 Å². The Hall–Kier alpha value is -4.37. The standard InChI is InChI=1S/C31H33FN4O4/c1-20-8-7-13-24(29(20)32)34-30(39)25(16-17-33)35-31(40)26-18-22-11-5-6-12-23(22)19-36(26)28(38)15-14-27(37)21-9-3-2-4-10-21/h2-13,25-26H,14-19,33H2,1H3,(H,34,39)(H,35,40)/t25-,26-/m0/s1. The average Bonchev–Trinajstić information content (AvgIpc) is 2.97. The molecule has 1 aliphatic rings. The monoisotopic (exact) mass is 544 g/mol. The van der Waals surface area contributed by atoms with Crippen LogP contribution in [0.1, 0.15) is 46.3 Å². The van der Waals surface area contributed by atoms with Gasteiger partial charge in [-0.05, 0) is 42.6 Å². The molecular weight excluding hydrogens is 511 g/mol. The van der Waals surface area contributed by atoms with Gasteiger partial charge in [0.05, 0.1) is 5.69 Å². The summed E-state index contributed by atoms with van der Waals surface area (Å²) in [6, 6.07) is 19.0. The van der Waals surface area contributed by atoms with Crippen LogP contribution in [0.2, 0.25) is 0 Å². The van der Waals surface area contributed by atoms with Crippen LogP contribution in [-0.4, -0.2) is 47.0 Å². The summed E-state index contributed by atoms with van der Waals surface area (Å²) in [6.45, 7) is 1.89. The van der Waals surface area contributed by atoms with E-state index in [1.165, 1.54) is 11.0 Å². The van der Waals surface area contributed by atoms with Crippen molar-refractivity contribution < 1.29 is 23.6 Å². The third kappa shape index (κ3) is 6.79. The van der Waals surface area contributed by atoms with E-state index in [1.54, 1.807) is 43.3 Å². The largest absolute Gasteiger partial charge is 0.342 e. The predicted molar refractivity (Wildman–Crippen MR) is 150 cm³/mol. The van der Waals surface area contributed by atoms with E-state index in [2.05, 4.69) is 10.6 Å². The molecule has 4 N–H and O–H groups in total. The SMILES string of the molecule is Cc1cccc(NC(=O)[C@H](CCN)NC(=O)[C@@H]2Cc3ccccc3CN2C(=O)CCC(=O)c2ccccc2)c1F. The summed E-state index contributed by atoms with van der Waals surface area (Å²) < 4.78 is 14.5. The van der Waals surface area contributed by atoms with Gasteiger partial charge in [0.1, 0.15) is 17.9 Å². The van der Waals surface area contributed by atoms with Crippen LogP contribution in [0.25, 0.3) is 0 Å². The van der Waals surface area contributed by atoms with Crippen LogP contribution in [-0.2, 0) is 27.3 Å². The Kier molecular flexibility index (Phi) is 9.39. The third-order valence-electron chi connectivity index (χ3n) is 7.07. The zero-order valence-electron chi connectivity index (χ0n) is 22.4. The predicted octanol–water partition coefficient (Wildman–Crippen LogP) is 3.52. The molecule has 0 unspecified atom stereocenters. The first-order valence-electron chi connectivity index (χ1n) is 13.3. The van der Waals surface area contributed by atoms with Crippen LogP contribution in [0, 0.1) is 12.7 Å². The summed E-state index contributed by atoms with van der Waals surface area (Å²) in [5.41, 5.74) is 8.47. The summed E-state index contributed by atoms with van der Waals surface area (Å²) in [4.78, 5) is 54.1. The first-order chi connectivity index (χ1) is 19.3. The lowest BCUT2D eigenvalue weighted by Gasteiger charge is -2.36. The summed E-state index contributed by atoms with van der Waals surface area (Å²) in [7, 11) is 0. The van der Waals surface area contributed by atoms with Crippen LogP contribution >= 0.6 is 0 Å². The second kappa shape index (κ2) is 13.1.